The van der Waals surface area contributed by atoms with Crippen molar-refractivity contribution in [3.05, 3.63) is 107 Å². The van der Waals surface area contributed by atoms with Crippen LogP contribution in [-0.2, 0) is 19.9 Å². The van der Waals surface area contributed by atoms with E-state index in [1.807, 2.05) is 13.0 Å². The van der Waals surface area contributed by atoms with Gasteiger partial charge in [0.25, 0.3) is 5.60 Å². The molecule has 0 N–H and O–H groups in total. The normalized spacial score (nSPS) is 14.0. The minimum atomic E-state index is -5.06. The molecule has 0 radical (unpaired) electrons. The first kappa shape index (κ1) is 27.1. The van der Waals surface area contributed by atoms with E-state index in [1.165, 1.54) is 24.3 Å². The molecule has 3 rings (SSSR count). The summed E-state index contributed by atoms with van der Waals surface area (Å²) in [5.41, 5.74) is -2.17. The van der Waals surface area contributed by atoms with E-state index in [-0.39, 0.29) is 11.3 Å². The van der Waals surface area contributed by atoms with Gasteiger partial charge in [0.05, 0.1) is 0 Å². The van der Waals surface area contributed by atoms with Gasteiger partial charge in [-0.1, -0.05) is 105 Å². The molecule has 0 aliphatic heterocycles. The van der Waals surface area contributed by atoms with Gasteiger partial charge in [-0.05, 0) is 18.4 Å². The van der Waals surface area contributed by atoms with Gasteiger partial charge >= 0.3 is 12.1 Å². The van der Waals surface area contributed by atoms with Crippen molar-refractivity contribution in [2.45, 2.75) is 50.5 Å². The Balaban J connectivity index is 1.92. The molecule has 3 aromatic carbocycles. The molecular weight excluding hydrogens is 469 g/mol. The zero-order chi connectivity index (χ0) is 26.2. The molecule has 0 aliphatic carbocycles. The number of ketones is 1. The number of unbranched alkanes of at least 4 members (excludes halogenated alkanes) is 2. The average Bonchev–Trinajstić information content (AvgIpc) is 2.89. The van der Waals surface area contributed by atoms with Gasteiger partial charge in [0.15, 0.2) is 5.78 Å². The number of benzene rings is 3. The fraction of sp³-hybridized carbons (Fsp3) is 0.310. The highest BCUT2D eigenvalue weighted by molar-refractivity contribution is 6.08. The number of alkyl halides is 3. The van der Waals surface area contributed by atoms with Gasteiger partial charge < -0.3 is 9.47 Å². The number of ether oxygens (including phenoxy) is 2. The minimum absolute atomic E-state index is 0.179. The summed E-state index contributed by atoms with van der Waals surface area (Å²) in [7, 11) is 0.845. The minimum Gasteiger partial charge on any atom is -0.455 e. The van der Waals surface area contributed by atoms with E-state index in [4.69, 9.17) is 9.47 Å². The predicted octanol–water partition coefficient (Wildman–Crippen LogP) is 7.19. The third-order valence-electron chi connectivity index (χ3n) is 6.07. The molecule has 0 amide bonds. The molecule has 2 atom stereocenters. The number of esters is 1. The Morgan fingerprint density at radius 2 is 1.36 bits per heavy atom. The van der Waals surface area contributed by atoms with Gasteiger partial charge in [-0.15, -0.1) is 0 Å². The number of carbonyl (C=O) groups is 2. The van der Waals surface area contributed by atoms with Crippen molar-refractivity contribution in [3.63, 3.8) is 0 Å². The Labute approximate surface area is 209 Å². The van der Waals surface area contributed by atoms with E-state index in [9.17, 15) is 22.8 Å². The van der Waals surface area contributed by atoms with Gasteiger partial charge in [-0.3, -0.25) is 4.79 Å². The second-order valence-corrected chi connectivity index (χ2v) is 8.46. The third kappa shape index (κ3) is 5.85. The Bertz CT molecular complexity index is 1130. The van der Waals surface area contributed by atoms with Gasteiger partial charge in [-0.2, -0.15) is 13.2 Å². The quantitative estimate of drug-likeness (QED) is 0.160. The lowest BCUT2D eigenvalue weighted by molar-refractivity contribution is -0.278. The van der Waals surface area contributed by atoms with Crippen molar-refractivity contribution in [2.75, 3.05) is 7.11 Å². The van der Waals surface area contributed by atoms with Crippen LogP contribution >= 0.6 is 0 Å². The third-order valence-corrected chi connectivity index (χ3v) is 6.07. The van der Waals surface area contributed by atoms with Gasteiger partial charge in [0.1, 0.15) is 6.10 Å². The zero-order valence-corrected chi connectivity index (χ0v) is 20.3. The largest absolute Gasteiger partial charge is 0.455 e. The van der Waals surface area contributed by atoms with Crippen molar-refractivity contribution < 1.29 is 32.2 Å². The molecule has 4 nitrogen and oxygen atoms in total. The topological polar surface area (TPSA) is 52.6 Å². The molecule has 0 spiro atoms. The van der Waals surface area contributed by atoms with Crippen LogP contribution in [0, 0.1) is 0 Å². The van der Waals surface area contributed by atoms with Gasteiger partial charge in [0.2, 0.25) is 0 Å². The van der Waals surface area contributed by atoms with Crippen LogP contribution in [0.25, 0.3) is 0 Å². The van der Waals surface area contributed by atoms with Crippen LogP contribution in [0.5, 0.6) is 0 Å². The molecule has 0 aliphatic rings. The lowest BCUT2D eigenvalue weighted by atomic mass is 9.92. The molecule has 0 fully saturated rings. The van der Waals surface area contributed by atoms with Crippen LogP contribution in [0.15, 0.2) is 84.9 Å². The van der Waals surface area contributed by atoms with Crippen LogP contribution in [0.4, 0.5) is 13.2 Å². The molecule has 1 unspecified atom stereocenters. The summed E-state index contributed by atoms with van der Waals surface area (Å²) < 4.78 is 53.3. The van der Waals surface area contributed by atoms with E-state index in [1.54, 1.807) is 54.6 Å². The summed E-state index contributed by atoms with van der Waals surface area (Å²) in [6.07, 6.45) is -3.30. The summed E-state index contributed by atoms with van der Waals surface area (Å²) in [5, 5.41) is 0. The van der Waals surface area contributed by atoms with Crippen molar-refractivity contribution in [3.8, 4) is 0 Å². The first-order valence-electron chi connectivity index (χ1n) is 11.8. The lowest BCUT2D eigenvalue weighted by Crippen LogP contribution is -2.52. The summed E-state index contributed by atoms with van der Waals surface area (Å²) in [6, 6.07) is 21.9. The highest BCUT2D eigenvalue weighted by atomic mass is 19.4. The van der Waals surface area contributed by atoms with Crippen molar-refractivity contribution in [2.24, 2.45) is 0 Å². The monoisotopic (exact) mass is 498 g/mol. The fourth-order valence-corrected chi connectivity index (χ4v) is 4.08. The predicted molar refractivity (Wildman–Crippen MR) is 130 cm³/mol. The first-order valence-corrected chi connectivity index (χ1v) is 11.8. The van der Waals surface area contributed by atoms with Crippen molar-refractivity contribution >= 4 is 11.8 Å². The fourth-order valence-electron chi connectivity index (χ4n) is 4.08. The van der Waals surface area contributed by atoms with Gasteiger partial charge in [0, 0.05) is 23.8 Å². The number of carbonyl (C=O) groups excluding carboxylic acids is 2. The number of halogens is 3. The average molecular weight is 499 g/mol. The first-order chi connectivity index (χ1) is 17.2. The molecule has 0 aromatic heterocycles. The number of hydrogen-bond acceptors (Lipinski definition) is 4. The Hall–Kier alpha value is -3.45. The molecule has 7 heteroatoms. The maximum Gasteiger partial charge on any atom is 0.432 e. The van der Waals surface area contributed by atoms with Crippen LogP contribution < -0.4 is 0 Å². The van der Waals surface area contributed by atoms with Crippen molar-refractivity contribution in [1.29, 1.82) is 0 Å². The molecule has 190 valence electrons. The molecule has 0 heterocycles. The van der Waals surface area contributed by atoms with Gasteiger partial charge in [-0.25, -0.2) is 4.79 Å². The second-order valence-electron chi connectivity index (χ2n) is 8.46. The molecule has 0 saturated carbocycles. The number of hydrogen-bond donors (Lipinski definition) is 0. The smallest absolute Gasteiger partial charge is 0.432 e. The second kappa shape index (κ2) is 12.0. The molecule has 0 saturated heterocycles. The Kier molecular flexibility index (Phi) is 9.04. The zero-order valence-electron chi connectivity index (χ0n) is 20.3. The standard InChI is InChI=1S/C29H29F3O4/c1-3-4-7-16-25(21-17-19-23(20-18-21)26(33)22-12-8-5-9-13-22)36-27(34)28(35-2,29(30,31)32)24-14-10-6-11-15-24/h5-6,8-15,17-20,25H,3-4,7,16H2,1-2H3/t25?,28-/m0/s1. The highest BCUT2D eigenvalue weighted by Gasteiger charge is 2.64. The van der Waals surface area contributed by atoms with Crippen LogP contribution in [0.1, 0.15) is 65.8 Å². The lowest BCUT2D eigenvalue weighted by Gasteiger charge is -2.34. The molecule has 0 bridgehead atoms. The SMILES string of the molecule is CCCCCC(OC(=O)[C@@](OC)(c1ccccc1)C(F)(F)F)c1ccc(C(=O)c2ccccc2)cc1. The van der Waals surface area contributed by atoms with Crippen LogP contribution in [0.2, 0.25) is 0 Å². The van der Waals surface area contributed by atoms with E-state index >= 15 is 0 Å². The molecule has 3 aromatic rings. The maximum atomic E-state index is 14.3. The van der Waals surface area contributed by atoms with E-state index < -0.39 is 23.9 Å². The maximum absolute atomic E-state index is 14.3. The number of methoxy groups -OCH3 is 1. The summed E-state index contributed by atoms with van der Waals surface area (Å²) in [4.78, 5) is 25.9. The summed E-state index contributed by atoms with van der Waals surface area (Å²) >= 11 is 0. The molecule has 36 heavy (non-hydrogen) atoms. The van der Waals surface area contributed by atoms with Crippen LogP contribution in [0.3, 0.4) is 0 Å². The highest BCUT2D eigenvalue weighted by Crippen LogP contribution is 2.44. The van der Waals surface area contributed by atoms with E-state index in [2.05, 4.69) is 0 Å². The number of rotatable bonds is 11. The van der Waals surface area contributed by atoms with Crippen LogP contribution in [-0.4, -0.2) is 25.0 Å². The van der Waals surface area contributed by atoms with Crippen molar-refractivity contribution in [1.82, 2.24) is 0 Å². The van der Waals surface area contributed by atoms with E-state index in [0.717, 1.165) is 20.0 Å². The Morgan fingerprint density at radius 1 is 0.806 bits per heavy atom. The van der Waals surface area contributed by atoms with E-state index in [0.29, 0.717) is 29.5 Å². The Morgan fingerprint density at radius 3 is 1.89 bits per heavy atom. The summed E-state index contributed by atoms with van der Waals surface area (Å²) in [5.74, 6) is -1.71. The molecular formula is C29H29F3O4. The summed E-state index contributed by atoms with van der Waals surface area (Å²) in [6.45, 7) is 2.00.